The number of rotatable bonds is 2. The Morgan fingerprint density at radius 3 is 1.94 bits per heavy atom. The van der Waals surface area contributed by atoms with E-state index in [0.29, 0.717) is 0 Å². The molecule has 0 aliphatic heterocycles. The normalized spacial score (nSPS) is 12.3. The Morgan fingerprint density at radius 1 is 0.426 bits per heavy atom. The van der Waals surface area contributed by atoms with Crippen molar-refractivity contribution in [3.63, 3.8) is 0 Å². The summed E-state index contributed by atoms with van der Waals surface area (Å²) in [6.07, 6.45) is 5.66. The van der Waals surface area contributed by atoms with E-state index >= 15 is 0 Å². The second-order valence-corrected chi connectivity index (χ2v) is 12.1. The summed E-state index contributed by atoms with van der Waals surface area (Å²) >= 11 is 0. The van der Waals surface area contributed by atoms with Crippen LogP contribution in [0.25, 0.3) is 93.5 Å². The summed E-state index contributed by atoms with van der Waals surface area (Å²) in [5, 5.41) is 8.27. The Kier molecular flexibility index (Phi) is 4.75. The van der Waals surface area contributed by atoms with Crippen molar-refractivity contribution >= 4 is 82.1 Å². The van der Waals surface area contributed by atoms with Gasteiger partial charge in [-0.2, -0.15) is 0 Å². The molecule has 6 nitrogen and oxygen atoms in total. The van der Waals surface area contributed by atoms with Crippen molar-refractivity contribution in [3.05, 3.63) is 146 Å². The number of para-hydroxylation sites is 3. The fraction of sp³-hybridized carbons (Fsp3) is 0. The molecule has 0 bridgehead atoms. The highest BCUT2D eigenvalue weighted by Gasteiger charge is 2.24. The number of hydrogen-bond acceptors (Lipinski definition) is 3. The van der Waals surface area contributed by atoms with Crippen LogP contribution in [0.15, 0.2) is 146 Å². The Labute approximate surface area is 267 Å². The quantitative estimate of drug-likeness (QED) is 0.186. The van der Waals surface area contributed by atoms with Crippen LogP contribution >= 0.6 is 0 Å². The molecular formula is C41H24N6. The third-order valence-electron chi connectivity index (χ3n) is 9.74. The second-order valence-electron chi connectivity index (χ2n) is 12.1. The Hall–Kier alpha value is -6.53. The Morgan fingerprint density at radius 2 is 1.11 bits per heavy atom. The maximum atomic E-state index is 5.09. The van der Waals surface area contributed by atoms with Crippen LogP contribution in [0.4, 0.5) is 0 Å². The van der Waals surface area contributed by atoms with E-state index in [2.05, 4.69) is 145 Å². The molecule has 0 spiro atoms. The lowest BCUT2D eigenvalue weighted by molar-refractivity contribution is 1.17. The summed E-state index contributed by atoms with van der Waals surface area (Å²) in [5.74, 6) is 0. The van der Waals surface area contributed by atoms with E-state index in [1.165, 1.54) is 43.5 Å². The van der Waals surface area contributed by atoms with Gasteiger partial charge in [-0.25, -0.2) is 9.97 Å². The van der Waals surface area contributed by atoms with Gasteiger partial charge in [0, 0.05) is 61.5 Å². The van der Waals surface area contributed by atoms with Crippen LogP contribution in [0, 0.1) is 0 Å². The summed E-state index contributed by atoms with van der Waals surface area (Å²) in [6.45, 7) is 0. The first-order valence-corrected chi connectivity index (χ1v) is 15.8. The SMILES string of the molecule is c1ccc(-n2c3ccccc3c3c2ccc2c4c5c6ccncc6n6c7cccnc7nc6c5ccc4n(-c4ccccc4)c23)cc1. The third-order valence-corrected chi connectivity index (χ3v) is 9.74. The number of fused-ring (bicyclic) bond motifs is 16. The number of pyridine rings is 3. The molecule has 6 aromatic heterocycles. The average Bonchev–Trinajstić information content (AvgIpc) is 3.80. The molecule has 0 saturated carbocycles. The molecule has 0 unspecified atom stereocenters. The van der Waals surface area contributed by atoms with Crippen molar-refractivity contribution in [3.8, 4) is 11.4 Å². The second kappa shape index (κ2) is 9.02. The lowest BCUT2D eigenvalue weighted by Crippen LogP contribution is -1.95. The van der Waals surface area contributed by atoms with E-state index in [-0.39, 0.29) is 0 Å². The summed E-state index contributed by atoms with van der Waals surface area (Å²) < 4.78 is 7.05. The van der Waals surface area contributed by atoms with Crippen molar-refractivity contribution in [1.29, 1.82) is 0 Å². The van der Waals surface area contributed by atoms with Crippen molar-refractivity contribution in [2.45, 2.75) is 0 Å². The van der Waals surface area contributed by atoms with Gasteiger partial charge in [0.1, 0.15) is 5.65 Å². The fourth-order valence-corrected chi connectivity index (χ4v) is 7.93. The average molecular weight is 601 g/mol. The molecule has 0 amide bonds. The highest BCUT2D eigenvalue weighted by Crippen LogP contribution is 2.46. The van der Waals surface area contributed by atoms with Gasteiger partial charge in [0.25, 0.3) is 0 Å². The first kappa shape index (κ1) is 24.8. The molecule has 0 aliphatic rings. The van der Waals surface area contributed by atoms with Gasteiger partial charge < -0.3 is 9.13 Å². The minimum atomic E-state index is 0.729. The van der Waals surface area contributed by atoms with Gasteiger partial charge >= 0.3 is 0 Å². The van der Waals surface area contributed by atoms with Crippen molar-refractivity contribution in [1.82, 2.24) is 28.5 Å². The Balaban J connectivity index is 1.43. The topological polar surface area (TPSA) is 52.9 Å². The molecular weight excluding hydrogens is 576 g/mol. The molecule has 6 heteroatoms. The number of benzene rings is 5. The molecule has 218 valence electrons. The molecule has 0 fully saturated rings. The number of imidazole rings is 1. The highest BCUT2D eigenvalue weighted by molar-refractivity contribution is 6.34. The highest BCUT2D eigenvalue weighted by atomic mass is 15.1. The zero-order valence-corrected chi connectivity index (χ0v) is 25.0. The van der Waals surface area contributed by atoms with Gasteiger partial charge in [0.05, 0.1) is 39.3 Å². The van der Waals surface area contributed by atoms with Crippen molar-refractivity contribution in [2.24, 2.45) is 0 Å². The lowest BCUT2D eigenvalue weighted by atomic mass is 10.00. The van der Waals surface area contributed by atoms with Crippen molar-refractivity contribution < 1.29 is 0 Å². The lowest BCUT2D eigenvalue weighted by Gasteiger charge is -2.11. The minimum Gasteiger partial charge on any atom is -0.309 e. The van der Waals surface area contributed by atoms with E-state index in [1.807, 2.05) is 18.5 Å². The van der Waals surface area contributed by atoms with Crippen LogP contribution in [0.5, 0.6) is 0 Å². The predicted octanol–water partition coefficient (Wildman–Crippen LogP) is 9.78. The van der Waals surface area contributed by atoms with Crippen LogP contribution < -0.4 is 0 Å². The summed E-state index contributed by atoms with van der Waals surface area (Å²) in [6, 6.07) is 45.5. The van der Waals surface area contributed by atoms with Gasteiger partial charge in [-0.3, -0.25) is 9.38 Å². The molecule has 0 saturated heterocycles. The molecule has 0 atom stereocenters. The first-order chi connectivity index (χ1) is 23.4. The first-order valence-electron chi connectivity index (χ1n) is 15.8. The van der Waals surface area contributed by atoms with Crippen LogP contribution in [-0.4, -0.2) is 28.5 Å². The molecule has 47 heavy (non-hydrogen) atoms. The molecule has 11 rings (SSSR count). The maximum Gasteiger partial charge on any atom is 0.178 e. The maximum absolute atomic E-state index is 5.09. The van der Waals surface area contributed by atoms with Crippen LogP contribution in [-0.2, 0) is 0 Å². The monoisotopic (exact) mass is 600 g/mol. The van der Waals surface area contributed by atoms with Gasteiger partial charge in [-0.05, 0) is 66.7 Å². The van der Waals surface area contributed by atoms with Crippen molar-refractivity contribution in [2.75, 3.05) is 0 Å². The smallest absolute Gasteiger partial charge is 0.178 e. The van der Waals surface area contributed by atoms with Gasteiger partial charge in [0.15, 0.2) is 5.65 Å². The van der Waals surface area contributed by atoms with Gasteiger partial charge in [-0.15, -0.1) is 0 Å². The standard InChI is InChI=1S/C41H24N6/c1-3-10-25(11-4-1)45-31-15-8-7-14-27(31)38-33(45)19-17-29-37-32(46(39(29)38)26-12-5-2-6-13-26)20-18-30-36(37)28-21-23-42-24-35(28)47-34-16-9-22-43-40(34)44-41(30)47/h1-24H. The molecule has 0 N–H and O–H groups in total. The third kappa shape index (κ3) is 3.16. The molecule has 0 aliphatic carbocycles. The molecule has 0 radical (unpaired) electrons. The van der Waals surface area contributed by atoms with Crippen LogP contribution in [0.2, 0.25) is 0 Å². The summed E-state index contributed by atoms with van der Waals surface area (Å²) in [4.78, 5) is 14.3. The van der Waals surface area contributed by atoms with E-state index in [4.69, 9.17) is 4.98 Å². The van der Waals surface area contributed by atoms with E-state index in [9.17, 15) is 0 Å². The van der Waals surface area contributed by atoms with E-state index < -0.39 is 0 Å². The Bertz CT molecular complexity index is 3060. The van der Waals surface area contributed by atoms with Gasteiger partial charge in [-0.1, -0.05) is 60.7 Å². The minimum absolute atomic E-state index is 0.729. The number of nitrogens with zero attached hydrogens (tertiary/aromatic N) is 6. The zero-order valence-electron chi connectivity index (χ0n) is 25.0. The van der Waals surface area contributed by atoms with E-state index in [0.717, 1.165) is 50.0 Å². The fourth-order valence-electron chi connectivity index (χ4n) is 7.93. The molecule has 5 aromatic carbocycles. The predicted molar refractivity (Wildman–Crippen MR) is 192 cm³/mol. The van der Waals surface area contributed by atoms with E-state index in [1.54, 1.807) is 6.20 Å². The summed E-state index contributed by atoms with van der Waals surface area (Å²) in [5.41, 5.74) is 10.6. The largest absolute Gasteiger partial charge is 0.309 e. The van der Waals surface area contributed by atoms with Crippen LogP contribution in [0.3, 0.4) is 0 Å². The number of aromatic nitrogens is 6. The van der Waals surface area contributed by atoms with Gasteiger partial charge in [0.2, 0.25) is 0 Å². The molecule has 11 aromatic rings. The van der Waals surface area contributed by atoms with Crippen LogP contribution in [0.1, 0.15) is 0 Å². The molecule has 6 heterocycles. The summed E-state index contributed by atoms with van der Waals surface area (Å²) in [7, 11) is 0. The zero-order chi connectivity index (χ0) is 30.6. The number of hydrogen-bond donors (Lipinski definition) is 0.